The van der Waals surface area contributed by atoms with E-state index in [1.54, 1.807) is 16.8 Å². The summed E-state index contributed by atoms with van der Waals surface area (Å²) >= 11 is 1.51. The Kier molecular flexibility index (Phi) is 3.98. The molecule has 3 aromatic rings. The van der Waals surface area contributed by atoms with Gasteiger partial charge in [-0.15, -0.1) is 11.3 Å². The summed E-state index contributed by atoms with van der Waals surface area (Å²) in [5.41, 5.74) is 1.86. The van der Waals surface area contributed by atoms with E-state index >= 15 is 0 Å². The molecular weight excluding hydrogens is 296 g/mol. The Morgan fingerprint density at radius 3 is 2.86 bits per heavy atom. The summed E-state index contributed by atoms with van der Waals surface area (Å²) < 4.78 is 1.64. The Balaban J connectivity index is 2.39. The van der Waals surface area contributed by atoms with Gasteiger partial charge in [-0.25, -0.2) is 4.98 Å². The summed E-state index contributed by atoms with van der Waals surface area (Å²) in [6.07, 6.45) is 4.07. The Labute approximate surface area is 132 Å². The highest BCUT2D eigenvalue weighted by atomic mass is 32.1. The van der Waals surface area contributed by atoms with Crippen LogP contribution in [0.1, 0.15) is 30.9 Å². The van der Waals surface area contributed by atoms with Crippen LogP contribution in [0.3, 0.4) is 0 Å². The van der Waals surface area contributed by atoms with Crippen molar-refractivity contribution in [3.05, 3.63) is 51.3 Å². The molecule has 0 saturated carbocycles. The average molecular weight is 314 g/mol. The molecule has 114 valence electrons. The van der Waals surface area contributed by atoms with Gasteiger partial charge < -0.3 is 5.11 Å². The van der Waals surface area contributed by atoms with E-state index in [9.17, 15) is 9.90 Å². The van der Waals surface area contributed by atoms with Gasteiger partial charge in [0.1, 0.15) is 10.8 Å². The standard InChI is InChI=1S/C17H18N2O2S/c1-3-4-6-13-14(20)12-7-5-9-18-15(12)19(16(13)21)17-11(2)8-10-22-17/h5,7-10,20H,3-4,6H2,1-2H3. The average Bonchev–Trinajstić information content (AvgIpc) is 2.94. The van der Waals surface area contributed by atoms with Crippen molar-refractivity contribution in [1.29, 1.82) is 0 Å². The quantitative estimate of drug-likeness (QED) is 0.797. The number of hydrogen-bond acceptors (Lipinski definition) is 4. The molecule has 5 heteroatoms. The topological polar surface area (TPSA) is 55.1 Å². The summed E-state index contributed by atoms with van der Waals surface area (Å²) in [7, 11) is 0. The minimum atomic E-state index is -0.164. The highest BCUT2D eigenvalue weighted by Gasteiger charge is 2.19. The normalized spacial score (nSPS) is 11.2. The molecule has 3 rings (SSSR count). The van der Waals surface area contributed by atoms with Crippen LogP contribution >= 0.6 is 11.3 Å². The molecule has 1 N–H and O–H groups in total. The number of aromatic hydroxyl groups is 1. The highest BCUT2D eigenvalue weighted by Crippen LogP contribution is 2.30. The highest BCUT2D eigenvalue weighted by molar-refractivity contribution is 7.12. The van der Waals surface area contributed by atoms with Crippen molar-refractivity contribution in [3.63, 3.8) is 0 Å². The number of aromatic nitrogens is 2. The molecule has 0 aliphatic carbocycles. The molecule has 0 amide bonds. The fraction of sp³-hybridized carbons (Fsp3) is 0.294. The third-order valence-electron chi connectivity index (χ3n) is 3.82. The lowest BCUT2D eigenvalue weighted by molar-refractivity contribution is 0.470. The largest absolute Gasteiger partial charge is 0.507 e. The Bertz CT molecular complexity index is 880. The zero-order valence-electron chi connectivity index (χ0n) is 12.7. The van der Waals surface area contributed by atoms with E-state index in [4.69, 9.17) is 0 Å². The van der Waals surface area contributed by atoms with Crippen LogP contribution in [-0.4, -0.2) is 14.7 Å². The molecular formula is C17H18N2O2S. The zero-order valence-corrected chi connectivity index (χ0v) is 13.5. The zero-order chi connectivity index (χ0) is 15.7. The van der Waals surface area contributed by atoms with Gasteiger partial charge in [-0.05, 0) is 48.9 Å². The molecule has 0 spiro atoms. The number of thiophene rings is 1. The Morgan fingerprint density at radius 2 is 2.18 bits per heavy atom. The second-order valence-corrected chi connectivity index (χ2v) is 6.25. The van der Waals surface area contributed by atoms with Crippen LogP contribution < -0.4 is 5.56 Å². The van der Waals surface area contributed by atoms with Crippen molar-refractivity contribution in [3.8, 4) is 10.8 Å². The van der Waals surface area contributed by atoms with E-state index in [1.807, 2.05) is 24.4 Å². The van der Waals surface area contributed by atoms with Crippen LogP contribution in [0.25, 0.3) is 16.0 Å². The van der Waals surface area contributed by atoms with E-state index in [0.29, 0.717) is 23.0 Å². The first kappa shape index (κ1) is 14.8. The third kappa shape index (κ3) is 2.31. The molecule has 0 unspecified atom stereocenters. The first-order valence-electron chi connectivity index (χ1n) is 7.41. The number of hydrogen-bond donors (Lipinski definition) is 1. The number of unbranched alkanes of at least 4 members (excludes halogenated alkanes) is 1. The Hall–Kier alpha value is -2.14. The predicted molar refractivity (Wildman–Crippen MR) is 90.2 cm³/mol. The van der Waals surface area contributed by atoms with Crippen molar-refractivity contribution in [1.82, 2.24) is 9.55 Å². The second-order valence-electron chi connectivity index (χ2n) is 5.35. The lowest BCUT2D eigenvalue weighted by Crippen LogP contribution is -2.23. The lowest BCUT2D eigenvalue weighted by Gasteiger charge is -2.13. The lowest BCUT2D eigenvalue weighted by atomic mass is 10.1. The van der Waals surface area contributed by atoms with Gasteiger partial charge in [0.25, 0.3) is 5.56 Å². The molecule has 0 fully saturated rings. The van der Waals surface area contributed by atoms with Crippen LogP contribution in [0, 0.1) is 6.92 Å². The van der Waals surface area contributed by atoms with Gasteiger partial charge in [0, 0.05) is 6.20 Å². The molecule has 0 atom stereocenters. The van der Waals surface area contributed by atoms with Crippen LogP contribution in [0.2, 0.25) is 0 Å². The summed E-state index contributed by atoms with van der Waals surface area (Å²) in [6, 6.07) is 5.58. The first-order valence-corrected chi connectivity index (χ1v) is 8.29. The molecule has 3 heterocycles. The molecule has 0 radical (unpaired) electrons. The number of pyridine rings is 2. The number of nitrogens with zero attached hydrogens (tertiary/aromatic N) is 2. The summed E-state index contributed by atoms with van der Waals surface area (Å²) in [6.45, 7) is 4.05. The van der Waals surface area contributed by atoms with Crippen molar-refractivity contribution in [2.45, 2.75) is 33.1 Å². The molecule has 0 bridgehead atoms. The molecule has 0 aliphatic heterocycles. The third-order valence-corrected chi connectivity index (χ3v) is 4.82. The van der Waals surface area contributed by atoms with E-state index < -0.39 is 0 Å². The number of fused-ring (bicyclic) bond motifs is 1. The molecule has 3 aromatic heterocycles. The van der Waals surface area contributed by atoms with Gasteiger partial charge in [0.05, 0.1) is 10.9 Å². The summed E-state index contributed by atoms with van der Waals surface area (Å²) in [4.78, 5) is 17.3. The van der Waals surface area contributed by atoms with Crippen molar-refractivity contribution in [2.24, 2.45) is 0 Å². The summed E-state index contributed by atoms with van der Waals surface area (Å²) in [5.74, 6) is 0.0759. The first-order chi connectivity index (χ1) is 10.6. The molecule has 4 nitrogen and oxygen atoms in total. The predicted octanol–water partition coefficient (Wildman–Crippen LogP) is 3.80. The molecule has 0 aliphatic rings. The van der Waals surface area contributed by atoms with Gasteiger partial charge in [-0.2, -0.15) is 0 Å². The molecule has 0 aromatic carbocycles. The van der Waals surface area contributed by atoms with Gasteiger partial charge in [0.15, 0.2) is 5.65 Å². The van der Waals surface area contributed by atoms with E-state index in [0.717, 1.165) is 23.4 Å². The van der Waals surface area contributed by atoms with Gasteiger partial charge in [-0.1, -0.05) is 13.3 Å². The monoisotopic (exact) mass is 314 g/mol. The van der Waals surface area contributed by atoms with Crippen molar-refractivity contribution in [2.75, 3.05) is 0 Å². The maximum atomic E-state index is 12.9. The van der Waals surface area contributed by atoms with Gasteiger partial charge in [-0.3, -0.25) is 9.36 Å². The van der Waals surface area contributed by atoms with Crippen LogP contribution in [-0.2, 0) is 6.42 Å². The summed E-state index contributed by atoms with van der Waals surface area (Å²) in [5, 5.41) is 14.0. The molecule has 0 saturated heterocycles. The minimum absolute atomic E-state index is 0.0759. The number of rotatable bonds is 4. The van der Waals surface area contributed by atoms with Crippen LogP contribution in [0.5, 0.6) is 5.75 Å². The minimum Gasteiger partial charge on any atom is -0.507 e. The number of aryl methyl sites for hydroxylation is 1. The van der Waals surface area contributed by atoms with E-state index in [2.05, 4.69) is 11.9 Å². The Morgan fingerprint density at radius 1 is 1.36 bits per heavy atom. The van der Waals surface area contributed by atoms with Crippen molar-refractivity contribution < 1.29 is 5.11 Å². The van der Waals surface area contributed by atoms with Gasteiger partial charge in [0.2, 0.25) is 0 Å². The maximum absolute atomic E-state index is 12.9. The van der Waals surface area contributed by atoms with Crippen LogP contribution in [0.4, 0.5) is 0 Å². The van der Waals surface area contributed by atoms with Crippen molar-refractivity contribution >= 4 is 22.4 Å². The maximum Gasteiger partial charge on any atom is 0.264 e. The van der Waals surface area contributed by atoms with Crippen LogP contribution in [0.15, 0.2) is 34.6 Å². The van der Waals surface area contributed by atoms with E-state index in [-0.39, 0.29) is 11.3 Å². The fourth-order valence-corrected chi connectivity index (χ4v) is 3.55. The fourth-order valence-electron chi connectivity index (χ4n) is 2.62. The SMILES string of the molecule is CCCCc1c(O)c2cccnc2n(-c2sccc2C)c1=O. The molecule has 22 heavy (non-hydrogen) atoms. The van der Waals surface area contributed by atoms with Gasteiger partial charge >= 0.3 is 0 Å². The smallest absolute Gasteiger partial charge is 0.264 e. The van der Waals surface area contributed by atoms with E-state index in [1.165, 1.54) is 11.3 Å². The second kappa shape index (κ2) is 5.93.